The number of hydrogen-bond donors (Lipinski definition) is 1. The molecule has 3 unspecified atom stereocenters. The minimum Gasteiger partial charge on any atom is -0.323 e. The third-order valence-electron chi connectivity index (χ3n) is 4.91. The summed E-state index contributed by atoms with van der Waals surface area (Å²) in [6.45, 7) is 11.2. The molecule has 0 aromatic rings. The molecule has 0 bridgehead atoms. The first-order valence-corrected chi connectivity index (χ1v) is 7.91. The molecule has 2 rings (SSSR count). The fourth-order valence-electron chi connectivity index (χ4n) is 3.87. The van der Waals surface area contributed by atoms with Crippen LogP contribution in [0.15, 0.2) is 0 Å². The van der Waals surface area contributed by atoms with E-state index in [1.807, 2.05) is 0 Å². The maximum Gasteiger partial charge on any atom is 0.241 e. The zero-order valence-electron chi connectivity index (χ0n) is 13.2. The Bertz CT molecular complexity index is 338. The summed E-state index contributed by atoms with van der Waals surface area (Å²) in [4.78, 5) is 14.9. The summed E-state index contributed by atoms with van der Waals surface area (Å²) in [6.07, 6.45) is 6.12. The molecule has 2 fully saturated rings. The van der Waals surface area contributed by atoms with Crippen molar-refractivity contribution in [3.05, 3.63) is 0 Å². The van der Waals surface area contributed by atoms with Gasteiger partial charge in [0.25, 0.3) is 0 Å². The molecule has 1 amide bonds. The molecule has 1 aliphatic heterocycles. The van der Waals surface area contributed by atoms with Crippen molar-refractivity contribution in [3.8, 4) is 0 Å². The van der Waals surface area contributed by atoms with Crippen molar-refractivity contribution < 1.29 is 4.79 Å². The predicted octanol–water partition coefficient (Wildman–Crippen LogP) is 3.15. The summed E-state index contributed by atoms with van der Waals surface area (Å²) in [5.41, 5.74) is 0.260. The minimum atomic E-state index is 0.0349. The lowest BCUT2D eigenvalue weighted by Gasteiger charge is -2.45. The average molecular weight is 266 g/mol. The number of nitrogens with one attached hydrogen (secondary N) is 1. The van der Waals surface area contributed by atoms with E-state index >= 15 is 0 Å². The first-order valence-electron chi connectivity index (χ1n) is 7.91. The number of hydrogen-bond acceptors (Lipinski definition) is 2. The standard InChI is InChI=1S/C16H30N2O/c1-11(2)10-13-15(19)18(12(3)17-13)14-8-6-7-9-16(14,4)5/h11-14,17H,6-10H2,1-5H3. The Kier molecular flexibility index (Phi) is 4.24. The Morgan fingerprint density at radius 2 is 2.05 bits per heavy atom. The van der Waals surface area contributed by atoms with Crippen molar-refractivity contribution in [1.82, 2.24) is 10.2 Å². The smallest absolute Gasteiger partial charge is 0.241 e. The van der Waals surface area contributed by atoms with Crippen molar-refractivity contribution in [1.29, 1.82) is 0 Å². The normalized spacial score (nSPS) is 35.2. The van der Waals surface area contributed by atoms with Crippen LogP contribution in [0.1, 0.15) is 66.7 Å². The van der Waals surface area contributed by atoms with Crippen LogP contribution in [-0.2, 0) is 4.79 Å². The highest BCUT2D eigenvalue weighted by molar-refractivity contribution is 5.84. The van der Waals surface area contributed by atoms with Gasteiger partial charge in [-0.25, -0.2) is 0 Å². The third kappa shape index (κ3) is 2.96. The van der Waals surface area contributed by atoms with Crippen molar-refractivity contribution in [2.24, 2.45) is 11.3 Å². The molecular formula is C16H30N2O. The molecule has 3 heteroatoms. The van der Waals surface area contributed by atoms with Gasteiger partial charge in [0.05, 0.1) is 12.2 Å². The summed E-state index contributed by atoms with van der Waals surface area (Å²) < 4.78 is 0. The third-order valence-corrected chi connectivity index (χ3v) is 4.91. The van der Waals surface area contributed by atoms with Crippen LogP contribution in [0.2, 0.25) is 0 Å². The van der Waals surface area contributed by atoms with E-state index in [9.17, 15) is 4.79 Å². The van der Waals surface area contributed by atoms with Crippen LogP contribution in [-0.4, -0.2) is 29.1 Å². The van der Waals surface area contributed by atoms with Gasteiger partial charge in [0.2, 0.25) is 5.91 Å². The second-order valence-electron chi connectivity index (χ2n) is 7.52. The van der Waals surface area contributed by atoms with Gasteiger partial charge >= 0.3 is 0 Å². The summed E-state index contributed by atoms with van der Waals surface area (Å²) in [7, 11) is 0. The van der Waals surface area contributed by atoms with Crippen LogP contribution in [0.25, 0.3) is 0 Å². The van der Waals surface area contributed by atoms with E-state index in [0.717, 1.165) is 6.42 Å². The van der Waals surface area contributed by atoms with Crippen molar-refractivity contribution in [3.63, 3.8) is 0 Å². The van der Waals surface area contributed by atoms with Crippen molar-refractivity contribution >= 4 is 5.91 Å². The fraction of sp³-hybridized carbons (Fsp3) is 0.938. The lowest BCUT2D eigenvalue weighted by Crippen LogP contribution is -2.51. The number of carbonyl (C=O) groups excluding carboxylic acids is 1. The van der Waals surface area contributed by atoms with Gasteiger partial charge < -0.3 is 4.90 Å². The lowest BCUT2D eigenvalue weighted by atomic mass is 9.72. The van der Waals surface area contributed by atoms with Gasteiger partial charge in [-0.05, 0) is 37.5 Å². The molecule has 3 nitrogen and oxygen atoms in total. The van der Waals surface area contributed by atoms with E-state index in [-0.39, 0.29) is 17.6 Å². The highest BCUT2D eigenvalue weighted by Gasteiger charge is 2.46. The van der Waals surface area contributed by atoms with Gasteiger partial charge in [-0.2, -0.15) is 0 Å². The lowest BCUT2D eigenvalue weighted by molar-refractivity contribution is -0.136. The summed E-state index contributed by atoms with van der Waals surface area (Å²) in [6, 6.07) is 0.445. The Hall–Kier alpha value is -0.570. The number of rotatable bonds is 3. The van der Waals surface area contributed by atoms with E-state index in [2.05, 4.69) is 44.8 Å². The molecule has 1 N–H and O–H groups in total. The Labute approximate surface area is 118 Å². The van der Waals surface area contributed by atoms with Crippen LogP contribution < -0.4 is 5.32 Å². The number of nitrogens with zero attached hydrogens (tertiary/aromatic N) is 1. The van der Waals surface area contributed by atoms with Crippen LogP contribution in [0.4, 0.5) is 0 Å². The van der Waals surface area contributed by atoms with Gasteiger partial charge in [-0.3, -0.25) is 10.1 Å². The van der Waals surface area contributed by atoms with Gasteiger partial charge in [-0.1, -0.05) is 40.5 Å². The Balaban J connectivity index is 2.13. The van der Waals surface area contributed by atoms with Gasteiger partial charge in [0.1, 0.15) is 0 Å². The maximum atomic E-state index is 12.7. The van der Waals surface area contributed by atoms with E-state index < -0.39 is 0 Å². The summed E-state index contributed by atoms with van der Waals surface area (Å²) in [5, 5.41) is 3.50. The quantitative estimate of drug-likeness (QED) is 0.851. The van der Waals surface area contributed by atoms with E-state index in [0.29, 0.717) is 17.9 Å². The molecule has 3 atom stereocenters. The first kappa shape index (κ1) is 14.8. The van der Waals surface area contributed by atoms with Gasteiger partial charge in [-0.15, -0.1) is 0 Å². The number of carbonyl (C=O) groups is 1. The average Bonchev–Trinajstić information content (AvgIpc) is 2.54. The second-order valence-corrected chi connectivity index (χ2v) is 7.52. The maximum absolute atomic E-state index is 12.7. The molecule has 19 heavy (non-hydrogen) atoms. The largest absolute Gasteiger partial charge is 0.323 e. The monoisotopic (exact) mass is 266 g/mol. The topological polar surface area (TPSA) is 32.3 Å². The molecule has 0 aromatic heterocycles. The van der Waals surface area contributed by atoms with Crippen LogP contribution in [0.5, 0.6) is 0 Å². The van der Waals surface area contributed by atoms with E-state index in [1.54, 1.807) is 0 Å². The molecule has 110 valence electrons. The highest BCUT2D eigenvalue weighted by atomic mass is 16.2. The Morgan fingerprint density at radius 3 is 2.63 bits per heavy atom. The van der Waals surface area contributed by atoms with E-state index in [1.165, 1.54) is 25.7 Å². The molecular weight excluding hydrogens is 236 g/mol. The van der Waals surface area contributed by atoms with E-state index in [4.69, 9.17) is 0 Å². The molecule has 2 aliphatic rings. The molecule has 0 spiro atoms. The molecule has 0 aromatic carbocycles. The zero-order chi connectivity index (χ0) is 14.2. The van der Waals surface area contributed by atoms with Gasteiger partial charge in [0.15, 0.2) is 0 Å². The van der Waals surface area contributed by atoms with Crippen molar-refractivity contribution in [2.45, 2.75) is 85.0 Å². The van der Waals surface area contributed by atoms with Crippen LogP contribution in [0, 0.1) is 11.3 Å². The molecule has 1 saturated carbocycles. The zero-order valence-corrected chi connectivity index (χ0v) is 13.2. The second kappa shape index (κ2) is 5.43. The minimum absolute atomic E-state index is 0.0349. The van der Waals surface area contributed by atoms with Crippen LogP contribution in [0.3, 0.4) is 0 Å². The SMILES string of the molecule is CC(C)CC1NC(C)N(C2CCCCC2(C)C)C1=O. The summed E-state index contributed by atoms with van der Waals surface area (Å²) in [5.74, 6) is 0.897. The fourth-order valence-corrected chi connectivity index (χ4v) is 3.87. The predicted molar refractivity (Wildman–Crippen MR) is 78.7 cm³/mol. The molecule has 1 heterocycles. The highest BCUT2D eigenvalue weighted by Crippen LogP contribution is 2.40. The van der Waals surface area contributed by atoms with Crippen molar-refractivity contribution in [2.75, 3.05) is 0 Å². The number of amides is 1. The first-order chi connectivity index (χ1) is 8.83. The molecule has 1 aliphatic carbocycles. The molecule has 0 radical (unpaired) electrons. The summed E-state index contributed by atoms with van der Waals surface area (Å²) >= 11 is 0. The van der Waals surface area contributed by atoms with Crippen LogP contribution >= 0.6 is 0 Å². The Morgan fingerprint density at radius 1 is 1.37 bits per heavy atom. The van der Waals surface area contributed by atoms with Gasteiger partial charge in [0, 0.05) is 6.04 Å². The molecule has 1 saturated heterocycles.